The first-order chi connectivity index (χ1) is 9.24. The molecular formula is C15H25N3O. The fourth-order valence-electron chi connectivity index (χ4n) is 2.62. The highest BCUT2D eigenvalue weighted by molar-refractivity contribution is 5.27. The van der Waals surface area contributed by atoms with Crippen molar-refractivity contribution in [3.8, 4) is 5.88 Å². The second kappa shape index (κ2) is 7.31. The lowest BCUT2D eigenvalue weighted by molar-refractivity contribution is 0.232. The Balaban J connectivity index is 1.69. The van der Waals surface area contributed by atoms with Crippen LogP contribution in [0.3, 0.4) is 0 Å². The van der Waals surface area contributed by atoms with Crippen LogP contribution in [0.4, 0.5) is 5.95 Å². The highest BCUT2D eigenvalue weighted by atomic mass is 16.5. The van der Waals surface area contributed by atoms with E-state index in [1.807, 2.05) is 13.8 Å². The molecule has 4 nitrogen and oxygen atoms in total. The van der Waals surface area contributed by atoms with E-state index in [1.54, 1.807) is 12.3 Å². The van der Waals surface area contributed by atoms with Gasteiger partial charge in [-0.1, -0.05) is 25.7 Å². The number of hydrogen-bond acceptors (Lipinski definition) is 4. The van der Waals surface area contributed by atoms with E-state index in [4.69, 9.17) is 4.74 Å². The molecule has 1 heterocycles. The lowest BCUT2D eigenvalue weighted by Gasteiger charge is -2.11. The van der Waals surface area contributed by atoms with Crippen LogP contribution in [0, 0.1) is 5.92 Å². The van der Waals surface area contributed by atoms with Crippen molar-refractivity contribution < 1.29 is 4.74 Å². The first-order valence-electron chi connectivity index (χ1n) is 7.47. The molecule has 0 bridgehead atoms. The average Bonchev–Trinajstić information content (AvgIpc) is 2.87. The molecule has 19 heavy (non-hydrogen) atoms. The van der Waals surface area contributed by atoms with Gasteiger partial charge in [0.15, 0.2) is 0 Å². The van der Waals surface area contributed by atoms with E-state index in [2.05, 4.69) is 15.3 Å². The molecule has 0 atom stereocenters. The molecule has 0 aromatic carbocycles. The first-order valence-corrected chi connectivity index (χ1v) is 7.47. The molecule has 0 radical (unpaired) electrons. The van der Waals surface area contributed by atoms with Crippen molar-refractivity contribution in [1.29, 1.82) is 0 Å². The van der Waals surface area contributed by atoms with Gasteiger partial charge in [0.25, 0.3) is 0 Å². The van der Waals surface area contributed by atoms with E-state index in [1.165, 1.54) is 38.5 Å². The molecule has 1 N–H and O–H groups in total. The summed E-state index contributed by atoms with van der Waals surface area (Å²) in [6.45, 7) is 4.94. The molecule has 1 saturated carbocycles. The Bertz CT molecular complexity index is 375. The number of nitrogens with one attached hydrogen (secondary N) is 1. The van der Waals surface area contributed by atoms with E-state index in [-0.39, 0.29) is 6.10 Å². The lowest BCUT2D eigenvalue weighted by Crippen LogP contribution is -2.10. The van der Waals surface area contributed by atoms with Gasteiger partial charge in [0.1, 0.15) is 0 Å². The summed E-state index contributed by atoms with van der Waals surface area (Å²) < 4.78 is 5.55. The summed E-state index contributed by atoms with van der Waals surface area (Å²) >= 11 is 0. The summed E-state index contributed by atoms with van der Waals surface area (Å²) in [7, 11) is 0. The summed E-state index contributed by atoms with van der Waals surface area (Å²) in [5, 5.41) is 3.28. The highest BCUT2D eigenvalue weighted by Gasteiger charge is 2.13. The third kappa shape index (κ3) is 5.05. The van der Waals surface area contributed by atoms with Crippen LogP contribution in [0.25, 0.3) is 0 Å². The van der Waals surface area contributed by atoms with Gasteiger partial charge < -0.3 is 10.1 Å². The predicted octanol–water partition coefficient (Wildman–Crippen LogP) is 3.65. The molecule has 0 amide bonds. The Morgan fingerprint density at radius 2 is 2.16 bits per heavy atom. The van der Waals surface area contributed by atoms with Gasteiger partial charge in [0, 0.05) is 18.8 Å². The van der Waals surface area contributed by atoms with Crippen molar-refractivity contribution >= 4 is 5.95 Å². The maximum atomic E-state index is 5.55. The summed E-state index contributed by atoms with van der Waals surface area (Å²) in [6.07, 6.45) is 10.1. The van der Waals surface area contributed by atoms with E-state index < -0.39 is 0 Å². The van der Waals surface area contributed by atoms with Crippen LogP contribution < -0.4 is 10.1 Å². The summed E-state index contributed by atoms with van der Waals surface area (Å²) in [5.74, 6) is 2.27. The molecule has 0 spiro atoms. The van der Waals surface area contributed by atoms with Crippen LogP contribution in [0.5, 0.6) is 5.88 Å². The zero-order valence-corrected chi connectivity index (χ0v) is 12.1. The number of rotatable bonds is 7. The Morgan fingerprint density at radius 1 is 1.37 bits per heavy atom. The van der Waals surface area contributed by atoms with Crippen molar-refractivity contribution in [3.63, 3.8) is 0 Å². The number of aromatic nitrogens is 2. The maximum Gasteiger partial charge on any atom is 0.225 e. The third-order valence-corrected chi connectivity index (χ3v) is 3.53. The minimum Gasteiger partial charge on any atom is -0.475 e. The molecule has 106 valence electrons. The quantitative estimate of drug-likeness (QED) is 0.763. The van der Waals surface area contributed by atoms with Crippen molar-refractivity contribution in [2.75, 3.05) is 11.9 Å². The molecular weight excluding hydrogens is 238 g/mol. The second-order valence-corrected chi connectivity index (χ2v) is 5.60. The topological polar surface area (TPSA) is 47.0 Å². The Kier molecular flexibility index (Phi) is 5.43. The lowest BCUT2D eigenvalue weighted by atomic mass is 10.0. The van der Waals surface area contributed by atoms with E-state index in [0.717, 1.165) is 12.5 Å². The van der Waals surface area contributed by atoms with Crippen LogP contribution in [0.2, 0.25) is 0 Å². The van der Waals surface area contributed by atoms with Crippen molar-refractivity contribution in [1.82, 2.24) is 9.97 Å². The number of ether oxygens (including phenoxy) is 1. The Hall–Kier alpha value is -1.32. The monoisotopic (exact) mass is 263 g/mol. The molecule has 1 fully saturated rings. The van der Waals surface area contributed by atoms with E-state index in [0.29, 0.717) is 11.8 Å². The van der Waals surface area contributed by atoms with Gasteiger partial charge in [-0.25, -0.2) is 4.98 Å². The molecule has 1 aromatic rings. The van der Waals surface area contributed by atoms with Crippen molar-refractivity contribution in [2.24, 2.45) is 5.92 Å². The van der Waals surface area contributed by atoms with Crippen LogP contribution in [-0.2, 0) is 0 Å². The highest BCUT2D eigenvalue weighted by Crippen LogP contribution is 2.28. The zero-order chi connectivity index (χ0) is 13.5. The standard InChI is InChI=1S/C15H25N3O/c1-12(2)19-14-9-11-17-15(18-14)16-10-5-8-13-6-3-4-7-13/h9,11-13H,3-8,10H2,1-2H3,(H,16,17,18). The van der Waals surface area contributed by atoms with E-state index >= 15 is 0 Å². The summed E-state index contributed by atoms with van der Waals surface area (Å²) in [5.41, 5.74) is 0. The van der Waals surface area contributed by atoms with Gasteiger partial charge in [0.05, 0.1) is 6.10 Å². The molecule has 0 unspecified atom stereocenters. The van der Waals surface area contributed by atoms with Gasteiger partial charge in [-0.2, -0.15) is 4.98 Å². The van der Waals surface area contributed by atoms with Crippen LogP contribution in [0.15, 0.2) is 12.3 Å². The number of anilines is 1. The first kappa shape index (κ1) is 14.1. The summed E-state index contributed by atoms with van der Waals surface area (Å²) in [4.78, 5) is 8.55. The summed E-state index contributed by atoms with van der Waals surface area (Å²) in [6, 6.07) is 1.80. The predicted molar refractivity (Wildman–Crippen MR) is 77.5 cm³/mol. The largest absolute Gasteiger partial charge is 0.475 e. The van der Waals surface area contributed by atoms with Gasteiger partial charge in [-0.05, 0) is 32.6 Å². The fraction of sp³-hybridized carbons (Fsp3) is 0.733. The van der Waals surface area contributed by atoms with Gasteiger partial charge >= 0.3 is 0 Å². The van der Waals surface area contributed by atoms with Crippen molar-refractivity contribution in [3.05, 3.63) is 12.3 Å². The third-order valence-electron chi connectivity index (χ3n) is 3.53. The van der Waals surface area contributed by atoms with E-state index in [9.17, 15) is 0 Å². The Labute approximate surface area is 116 Å². The number of nitrogens with zero attached hydrogens (tertiary/aromatic N) is 2. The Morgan fingerprint density at radius 3 is 2.89 bits per heavy atom. The smallest absolute Gasteiger partial charge is 0.225 e. The van der Waals surface area contributed by atoms with Crippen LogP contribution in [-0.4, -0.2) is 22.6 Å². The molecule has 1 aliphatic rings. The molecule has 4 heteroatoms. The molecule has 0 saturated heterocycles. The molecule has 2 rings (SSSR count). The van der Waals surface area contributed by atoms with Crippen molar-refractivity contribution in [2.45, 2.75) is 58.5 Å². The minimum atomic E-state index is 0.144. The second-order valence-electron chi connectivity index (χ2n) is 5.60. The van der Waals surface area contributed by atoms with Gasteiger partial charge in [0.2, 0.25) is 11.8 Å². The molecule has 1 aromatic heterocycles. The SMILES string of the molecule is CC(C)Oc1ccnc(NCCCC2CCCC2)n1. The van der Waals surface area contributed by atoms with Crippen LogP contribution in [0.1, 0.15) is 52.4 Å². The molecule has 1 aliphatic carbocycles. The van der Waals surface area contributed by atoms with Crippen LogP contribution >= 0.6 is 0 Å². The molecule has 0 aliphatic heterocycles. The zero-order valence-electron chi connectivity index (χ0n) is 12.1. The average molecular weight is 263 g/mol. The van der Waals surface area contributed by atoms with Gasteiger partial charge in [-0.3, -0.25) is 0 Å². The normalized spacial score (nSPS) is 15.9. The van der Waals surface area contributed by atoms with Gasteiger partial charge in [-0.15, -0.1) is 0 Å². The maximum absolute atomic E-state index is 5.55. The number of hydrogen-bond donors (Lipinski definition) is 1. The minimum absolute atomic E-state index is 0.144. The fourth-order valence-corrected chi connectivity index (χ4v) is 2.62.